The van der Waals surface area contributed by atoms with Crippen LogP contribution in [-0.2, 0) is 14.3 Å². The Morgan fingerprint density at radius 1 is 1.04 bits per heavy atom. The van der Waals surface area contributed by atoms with E-state index >= 15 is 0 Å². The van der Waals surface area contributed by atoms with Crippen molar-refractivity contribution in [2.45, 2.75) is 31.2 Å². The molecule has 0 fully saturated rings. The number of rotatable bonds is 8. The third kappa shape index (κ3) is 4.51. The number of nitrogens with one attached hydrogen (secondary N) is 1. The van der Waals surface area contributed by atoms with Crippen molar-refractivity contribution in [3.63, 3.8) is 0 Å². The summed E-state index contributed by atoms with van der Waals surface area (Å²) in [5.74, 6) is -0.360. The zero-order valence-corrected chi connectivity index (χ0v) is 16.0. The van der Waals surface area contributed by atoms with Crippen molar-refractivity contribution in [2.75, 3.05) is 20.3 Å². The molecule has 3 rings (SSSR count). The Kier molecular flexibility index (Phi) is 6.66. The number of amides is 1. The van der Waals surface area contributed by atoms with E-state index in [2.05, 4.69) is 34.3 Å². The van der Waals surface area contributed by atoms with E-state index in [4.69, 9.17) is 10.5 Å². The van der Waals surface area contributed by atoms with Crippen LogP contribution >= 0.6 is 0 Å². The van der Waals surface area contributed by atoms with Crippen LogP contribution in [-0.4, -0.2) is 38.4 Å². The van der Waals surface area contributed by atoms with Crippen LogP contribution in [0.25, 0.3) is 11.1 Å². The molecule has 0 saturated carbocycles. The van der Waals surface area contributed by atoms with E-state index in [1.54, 1.807) is 0 Å². The lowest BCUT2D eigenvalue weighted by atomic mass is 9.98. The minimum Gasteiger partial charge on any atom is -0.468 e. The fourth-order valence-corrected chi connectivity index (χ4v) is 3.60. The van der Waals surface area contributed by atoms with Crippen molar-refractivity contribution in [3.05, 3.63) is 59.7 Å². The molecule has 0 heterocycles. The summed E-state index contributed by atoms with van der Waals surface area (Å²) in [5.41, 5.74) is 10.5. The summed E-state index contributed by atoms with van der Waals surface area (Å²) in [6.45, 7) is 0.775. The average Bonchev–Trinajstić information content (AvgIpc) is 3.05. The Labute approximate surface area is 165 Å². The van der Waals surface area contributed by atoms with Crippen molar-refractivity contribution < 1.29 is 19.1 Å². The van der Waals surface area contributed by atoms with Crippen molar-refractivity contribution in [2.24, 2.45) is 5.73 Å². The third-order valence-corrected chi connectivity index (χ3v) is 5.06. The maximum Gasteiger partial charge on any atom is 0.407 e. The molecule has 0 bridgehead atoms. The quantitative estimate of drug-likeness (QED) is 0.540. The van der Waals surface area contributed by atoms with Gasteiger partial charge in [0, 0.05) is 12.5 Å². The monoisotopic (exact) mass is 382 g/mol. The van der Waals surface area contributed by atoms with E-state index < -0.39 is 18.1 Å². The van der Waals surface area contributed by atoms with Gasteiger partial charge in [-0.3, -0.25) is 4.79 Å². The van der Waals surface area contributed by atoms with Crippen molar-refractivity contribution in [1.29, 1.82) is 0 Å². The van der Waals surface area contributed by atoms with Gasteiger partial charge in [-0.1, -0.05) is 48.5 Å². The smallest absolute Gasteiger partial charge is 0.407 e. The predicted octanol–water partition coefficient (Wildman–Crippen LogP) is 3.20. The highest BCUT2D eigenvalue weighted by atomic mass is 16.5. The number of alkyl carbamates (subject to hydrolysis) is 1. The first-order valence-corrected chi connectivity index (χ1v) is 9.54. The molecule has 1 aliphatic rings. The highest BCUT2D eigenvalue weighted by molar-refractivity contribution is 5.79. The molecule has 148 valence electrons. The highest BCUT2D eigenvalue weighted by Crippen LogP contribution is 2.44. The van der Waals surface area contributed by atoms with Gasteiger partial charge in [-0.2, -0.15) is 0 Å². The largest absolute Gasteiger partial charge is 0.468 e. The lowest BCUT2D eigenvalue weighted by Gasteiger charge is -2.14. The van der Waals surface area contributed by atoms with Crippen LogP contribution in [0.1, 0.15) is 36.3 Å². The topological polar surface area (TPSA) is 90.6 Å². The van der Waals surface area contributed by atoms with Gasteiger partial charge in [0.25, 0.3) is 0 Å². The van der Waals surface area contributed by atoms with Crippen molar-refractivity contribution >= 4 is 12.1 Å². The summed E-state index contributed by atoms with van der Waals surface area (Å²) in [6, 6.07) is 15.8. The van der Waals surface area contributed by atoms with Gasteiger partial charge in [0.15, 0.2) is 0 Å². The minimum atomic E-state index is -0.612. The second kappa shape index (κ2) is 9.37. The van der Waals surface area contributed by atoms with Crippen molar-refractivity contribution in [1.82, 2.24) is 5.32 Å². The summed E-state index contributed by atoms with van der Waals surface area (Å²) in [4.78, 5) is 23.3. The fourth-order valence-electron chi connectivity index (χ4n) is 3.60. The summed E-state index contributed by atoms with van der Waals surface area (Å²) in [7, 11) is 1.32. The number of methoxy groups -OCH3 is 1. The summed E-state index contributed by atoms with van der Waals surface area (Å²) in [5, 5.41) is 2.75. The van der Waals surface area contributed by atoms with Crippen LogP contribution in [0.5, 0.6) is 0 Å². The van der Waals surface area contributed by atoms with Gasteiger partial charge in [0.05, 0.1) is 7.11 Å². The predicted molar refractivity (Wildman–Crippen MR) is 107 cm³/mol. The second-order valence-corrected chi connectivity index (χ2v) is 6.88. The molecule has 0 aromatic heterocycles. The fraction of sp³-hybridized carbons (Fsp3) is 0.364. The molecule has 0 aliphatic heterocycles. The number of hydrogen-bond donors (Lipinski definition) is 2. The summed E-state index contributed by atoms with van der Waals surface area (Å²) < 4.78 is 10.1. The van der Waals surface area contributed by atoms with Crippen LogP contribution in [0.15, 0.2) is 48.5 Å². The Morgan fingerprint density at radius 3 is 2.25 bits per heavy atom. The van der Waals surface area contributed by atoms with E-state index in [-0.39, 0.29) is 5.92 Å². The molecule has 0 saturated heterocycles. The zero-order valence-electron chi connectivity index (χ0n) is 16.0. The van der Waals surface area contributed by atoms with E-state index in [1.165, 1.54) is 29.4 Å². The summed E-state index contributed by atoms with van der Waals surface area (Å²) in [6.07, 6.45) is 1.53. The SMILES string of the molecule is COC(=O)C(N)CCCCNC(=O)OCC1c2ccccc2-c2ccccc21. The maximum atomic E-state index is 12.0. The standard InChI is InChI=1S/C22H26N2O4/c1-27-21(25)20(23)12-6-7-13-24-22(26)28-14-19-17-10-4-2-8-15(17)16-9-3-5-11-18(16)19/h2-5,8-11,19-20H,6-7,12-14,23H2,1H3,(H,24,26). The molecule has 0 spiro atoms. The molecule has 2 aromatic carbocycles. The number of nitrogens with two attached hydrogens (primary N) is 1. The molecule has 28 heavy (non-hydrogen) atoms. The van der Waals surface area contributed by atoms with E-state index in [1.807, 2.05) is 24.3 Å². The first-order chi connectivity index (χ1) is 13.6. The number of unbranched alkanes of at least 4 members (excludes halogenated alkanes) is 1. The maximum absolute atomic E-state index is 12.0. The van der Waals surface area contributed by atoms with E-state index in [0.29, 0.717) is 19.6 Å². The first-order valence-electron chi connectivity index (χ1n) is 9.54. The normalized spacial score (nSPS) is 13.4. The number of carbonyl (C=O) groups excluding carboxylic acids is 2. The molecule has 6 nitrogen and oxygen atoms in total. The minimum absolute atomic E-state index is 0.0520. The van der Waals surface area contributed by atoms with Gasteiger partial charge in [0.2, 0.25) is 0 Å². The number of hydrogen-bond acceptors (Lipinski definition) is 5. The molecule has 2 aromatic rings. The molecule has 1 atom stereocenters. The van der Waals surface area contributed by atoms with Crippen molar-refractivity contribution in [3.8, 4) is 11.1 Å². The summed E-state index contributed by atoms with van der Waals surface area (Å²) >= 11 is 0. The first kappa shape index (κ1) is 19.9. The van der Waals surface area contributed by atoms with Gasteiger partial charge in [-0.25, -0.2) is 4.79 Å². The van der Waals surface area contributed by atoms with Gasteiger partial charge < -0.3 is 20.5 Å². The number of fused-ring (bicyclic) bond motifs is 3. The van der Waals surface area contributed by atoms with Crippen LogP contribution in [0, 0.1) is 0 Å². The molecule has 0 radical (unpaired) electrons. The molecule has 3 N–H and O–H groups in total. The molecule has 6 heteroatoms. The number of esters is 1. The van der Waals surface area contributed by atoms with Crippen LogP contribution < -0.4 is 11.1 Å². The number of carbonyl (C=O) groups is 2. The molecule has 1 amide bonds. The van der Waals surface area contributed by atoms with Gasteiger partial charge in [-0.15, -0.1) is 0 Å². The molecular weight excluding hydrogens is 356 g/mol. The highest BCUT2D eigenvalue weighted by Gasteiger charge is 2.28. The van der Waals surface area contributed by atoms with E-state index in [0.717, 1.165) is 12.8 Å². The number of benzene rings is 2. The zero-order chi connectivity index (χ0) is 19.9. The van der Waals surface area contributed by atoms with Gasteiger partial charge in [0.1, 0.15) is 12.6 Å². The Hall–Kier alpha value is -2.86. The molecular formula is C22H26N2O4. The van der Waals surface area contributed by atoms with Gasteiger partial charge in [-0.05, 0) is 41.5 Å². The van der Waals surface area contributed by atoms with Crippen LogP contribution in [0.4, 0.5) is 4.79 Å². The lowest BCUT2D eigenvalue weighted by Crippen LogP contribution is -2.32. The Morgan fingerprint density at radius 2 is 1.64 bits per heavy atom. The van der Waals surface area contributed by atoms with Crippen LogP contribution in [0.3, 0.4) is 0 Å². The Balaban J connectivity index is 1.45. The lowest BCUT2D eigenvalue weighted by molar-refractivity contribution is -0.142. The van der Waals surface area contributed by atoms with Crippen LogP contribution in [0.2, 0.25) is 0 Å². The van der Waals surface area contributed by atoms with E-state index in [9.17, 15) is 9.59 Å². The third-order valence-electron chi connectivity index (χ3n) is 5.06. The second-order valence-electron chi connectivity index (χ2n) is 6.88. The average molecular weight is 382 g/mol. The molecule has 1 unspecified atom stereocenters. The number of ether oxygens (including phenoxy) is 2. The van der Waals surface area contributed by atoms with Gasteiger partial charge >= 0.3 is 12.1 Å². The Bertz CT molecular complexity index is 791. The molecule has 1 aliphatic carbocycles.